The van der Waals surface area contributed by atoms with Crippen LogP contribution in [0.2, 0.25) is 0 Å². The summed E-state index contributed by atoms with van der Waals surface area (Å²) in [4.78, 5) is 11.9. The predicted molar refractivity (Wildman–Crippen MR) is 87.7 cm³/mol. The van der Waals surface area contributed by atoms with Gasteiger partial charge in [0.1, 0.15) is 0 Å². The molecule has 0 atom stereocenters. The monoisotopic (exact) mass is 309 g/mol. The number of fused-ring (bicyclic) bond motifs is 1. The molecular weight excluding hydrogens is 290 g/mol. The molecule has 1 aliphatic heterocycles. The minimum absolute atomic E-state index is 0.0340. The molecule has 0 aliphatic carbocycles. The van der Waals surface area contributed by atoms with E-state index >= 15 is 0 Å². The van der Waals surface area contributed by atoms with Crippen molar-refractivity contribution in [3.8, 4) is 12.3 Å². The summed E-state index contributed by atoms with van der Waals surface area (Å²) < 4.78 is 0. The number of rotatable bonds is 8. The second-order valence-corrected chi connectivity index (χ2v) is 5.78. The van der Waals surface area contributed by atoms with E-state index in [2.05, 4.69) is 37.7 Å². The van der Waals surface area contributed by atoms with Crippen LogP contribution in [0.4, 0.5) is 0 Å². The molecule has 0 bridgehead atoms. The molecule has 0 fully saturated rings. The van der Waals surface area contributed by atoms with Crippen LogP contribution >= 0.6 is 0 Å². The lowest BCUT2D eigenvalue weighted by molar-refractivity contribution is -0.121. The Kier molecular flexibility index (Phi) is 4.38. The summed E-state index contributed by atoms with van der Waals surface area (Å²) in [5, 5.41) is 19.0. The highest BCUT2D eigenvalue weighted by Gasteiger charge is 2.39. The first-order valence-electron chi connectivity index (χ1n) is 7.77. The average molecular weight is 309 g/mol. The highest BCUT2D eigenvalue weighted by atomic mass is 16.1. The summed E-state index contributed by atoms with van der Waals surface area (Å²) in [5.74, 6) is 2.62. The number of nitrogens with zero attached hydrogens (tertiary/aromatic N) is 3. The Balaban J connectivity index is 1.38. The van der Waals surface area contributed by atoms with Crippen LogP contribution in [0.15, 0.2) is 34.6 Å². The van der Waals surface area contributed by atoms with Crippen molar-refractivity contribution in [3.05, 3.63) is 30.0 Å². The van der Waals surface area contributed by atoms with Crippen molar-refractivity contribution < 1.29 is 4.79 Å². The third-order valence-electron chi connectivity index (χ3n) is 4.05. The maximum absolute atomic E-state index is 11.9. The topological polar surface area (TPSA) is 82.5 Å². The highest BCUT2D eigenvalue weighted by Crippen LogP contribution is 2.37. The Morgan fingerprint density at radius 1 is 1.35 bits per heavy atom. The number of amides is 1. The minimum Gasteiger partial charge on any atom is -0.356 e. The molecule has 23 heavy (non-hydrogen) atoms. The largest absolute Gasteiger partial charge is 0.356 e. The first-order chi connectivity index (χ1) is 11.2. The van der Waals surface area contributed by atoms with Crippen LogP contribution < -0.4 is 5.32 Å². The fourth-order valence-electron chi connectivity index (χ4n) is 2.56. The molecule has 1 aliphatic rings. The number of H-pyrrole nitrogens is 1. The Labute approximate surface area is 134 Å². The van der Waals surface area contributed by atoms with Crippen molar-refractivity contribution >= 4 is 16.8 Å². The quantitative estimate of drug-likeness (QED) is 0.735. The average Bonchev–Trinajstić information content (AvgIpc) is 3.18. The van der Waals surface area contributed by atoms with Crippen LogP contribution in [0.5, 0.6) is 0 Å². The van der Waals surface area contributed by atoms with E-state index in [0.29, 0.717) is 25.8 Å². The minimum atomic E-state index is -0.379. The first-order valence-corrected chi connectivity index (χ1v) is 7.77. The molecule has 0 saturated heterocycles. The molecule has 0 saturated carbocycles. The molecule has 1 amide bonds. The molecule has 6 heteroatoms. The Hall–Kier alpha value is -2.68. The molecule has 3 rings (SSSR count). The van der Waals surface area contributed by atoms with Crippen molar-refractivity contribution in [2.45, 2.75) is 37.8 Å². The molecule has 118 valence electrons. The molecule has 0 spiro atoms. The zero-order valence-corrected chi connectivity index (χ0v) is 12.9. The smallest absolute Gasteiger partial charge is 0.220 e. The zero-order chi connectivity index (χ0) is 16.1. The van der Waals surface area contributed by atoms with E-state index in [-0.39, 0.29) is 11.6 Å². The van der Waals surface area contributed by atoms with Crippen molar-refractivity contribution in [3.63, 3.8) is 0 Å². The van der Waals surface area contributed by atoms with Crippen molar-refractivity contribution in [2.24, 2.45) is 10.2 Å². The van der Waals surface area contributed by atoms with Gasteiger partial charge >= 0.3 is 0 Å². The number of nitrogens with one attached hydrogen (secondary N) is 2. The van der Waals surface area contributed by atoms with E-state index in [0.717, 1.165) is 23.7 Å². The van der Waals surface area contributed by atoms with Gasteiger partial charge in [-0.15, -0.1) is 12.3 Å². The Morgan fingerprint density at radius 2 is 2.22 bits per heavy atom. The second kappa shape index (κ2) is 6.61. The van der Waals surface area contributed by atoms with Gasteiger partial charge in [0.05, 0.1) is 11.7 Å². The third-order valence-corrected chi connectivity index (χ3v) is 4.05. The molecule has 0 unspecified atom stereocenters. The normalized spacial score (nSPS) is 14.6. The molecule has 0 radical (unpaired) electrons. The number of hydrogen-bond donors (Lipinski definition) is 2. The maximum atomic E-state index is 11.9. The number of aromatic nitrogens is 2. The molecule has 2 heterocycles. The number of aromatic amines is 1. The van der Waals surface area contributed by atoms with Crippen LogP contribution in [0.25, 0.3) is 10.9 Å². The molecular formula is C17H19N5O. The van der Waals surface area contributed by atoms with Crippen LogP contribution in [0, 0.1) is 12.3 Å². The summed E-state index contributed by atoms with van der Waals surface area (Å²) in [5.41, 5.74) is 1.82. The fourth-order valence-corrected chi connectivity index (χ4v) is 2.56. The first kappa shape index (κ1) is 15.2. The predicted octanol–water partition coefficient (Wildman–Crippen LogP) is 2.58. The summed E-state index contributed by atoms with van der Waals surface area (Å²) in [6, 6.07) is 6.13. The van der Waals surface area contributed by atoms with Crippen molar-refractivity contribution in [1.29, 1.82) is 0 Å². The van der Waals surface area contributed by atoms with Crippen LogP contribution in [0.1, 0.15) is 31.2 Å². The van der Waals surface area contributed by atoms with E-state index in [1.54, 1.807) is 6.20 Å². The van der Waals surface area contributed by atoms with E-state index in [9.17, 15) is 4.79 Å². The van der Waals surface area contributed by atoms with Crippen molar-refractivity contribution in [1.82, 2.24) is 15.5 Å². The molecule has 1 aromatic carbocycles. The molecule has 2 N–H and O–H groups in total. The van der Waals surface area contributed by atoms with E-state index < -0.39 is 0 Å². The van der Waals surface area contributed by atoms with Gasteiger partial charge in [0, 0.05) is 37.6 Å². The SMILES string of the molecule is C#CCCC1(CCC(=O)NCCc2ccc3[nH]ncc3c2)N=N1. The summed E-state index contributed by atoms with van der Waals surface area (Å²) in [6.45, 7) is 0.619. The molecule has 1 aromatic heterocycles. The van der Waals surface area contributed by atoms with E-state index in [4.69, 9.17) is 6.42 Å². The van der Waals surface area contributed by atoms with Crippen LogP contribution in [-0.2, 0) is 11.2 Å². The lowest BCUT2D eigenvalue weighted by Gasteiger charge is -2.09. The number of carbonyl (C=O) groups is 1. The summed E-state index contributed by atoms with van der Waals surface area (Å²) in [6.07, 6.45) is 10.3. The molecule has 6 nitrogen and oxygen atoms in total. The van der Waals surface area contributed by atoms with Crippen LogP contribution in [-0.4, -0.2) is 28.3 Å². The zero-order valence-electron chi connectivity index (χ0n) is 12.9. The van der Waals surface area contributed by atoms with Gasteiger partial charge in [-0.3, -0.25) is 9.89 Å². The van der Waals surface area contributed by atoms with Crippen LogP contribution in [0.3, 0.4) is 0 Å². The van der Waals surface area contributed by atoms with Gasteiger partial charge in [-0.1, -0.05) is 6.07 Å². The lowest BCUT2D eigenvalue weighted by Crippen LogP contribution is -2.27. The summed E-state index contributed by atoms with van der Waals surface area (Å²) >= 11 is 0. The van der Waals surface area contributed by atoms with Gasteiger partial charge in [-0.05, 0) is 24.1 Å². The second-order valence-electron chi connectivity index (χ2n) is 5.78. The lowest BCUT2D eigenvalue weighted by atomic mass is 10.0. The Bertz CT molecular complexity index is 765. The van der Waals surface area contributed by atoms with Gasteiger partial charge in [0.25, 0.3) is 0 Å². The number of benzene rings is 1. The fraction of sp³-hybridized carbons (Fsp3) is 0.412. The maximum Gasteiger partial charge on any atom is 0.220 e. The van der Waals surface area contributed by atoms with Crippen molar-refractivity contribution in [2.75, 3.05) is 6.54 Å². The van der Waals surface area contributed by atoms with E-state index in [1.165, 1.54) is 5.56 Å². The van der Waals surface area contributed by atoms with Gasteiger partial charge < -0.3 is 5.32 Å². The summed E-state index contributed by atoms with van der Waals surface area (Å²) in [7, 11) is 0. The Morgan fingerprint density at radius 3 is 3.00 bits per heavy atom. The standard InChI is InChI=1S/C17H19N5O/c1-2-3-8-17(21-22-17)9-6-16(23)18-10-7-13-4-5-15-14(11-13)12-19-20-15/h1,4-5,11-12H,3,6-10H2,(H,18,23)(H,19,20). The number of terminal acetylenes is 1. The molecule has 2 aromatic rings. The number of carbonyl (C=O) groups excluding carboxylic acids is 1. The van der Waals surface area contributed by atoms with Gasteiger partial charge in [-0.2, -0.15) is 15.3 Å². The highest BCUT2D eigenvalue weighted by molar-refractivity contribution is 5.78. The van der Waals surface area contributed by atoms with Gasteiger partial charge in [0.15, 0.2) is 5.66 Å². The number of hydrogen-bond acceptors (Lipinski definition) is 4. The van der Waals surface area contributed by atoms with Gasteiger partial charge in [-0.25, -0.2) is 0 Å². The van der Waals surface area contributed by atoms with Gasteiger partial charge in [0.2, 0.25) is 5.91 Å². The van der Waals surface area contributed by atoms with E-state index in [1.807, 2.05) is 12.1 Å². The third kappa shape index (κ3) is 3.95.